The average molecular weight is 1100 g/mol. The fourth-order valence-electron chi connectivity index (χ4n) is 15.0. The minimum atomic E-state index is -0.973. The van der Waals surface area contributed by atoms with E-state index < -0.39 is 58.0 Å². The zero-order valence-corrected chi connectivity index (χ0v) is 49.8. The smallest absolute Gasteiger partial charge is 0.306 e. The first-order valence-corrected chi connectivity index (χ1v) is 31.3. The number of nitrogens with zero attached hydrogens (tertiary/aromatic N) is 3. The first kappa shape index (κ1) is 61.3. The minimum Gasteiger partial charge on any atom is -0.481 e. The lowest BCUT2D eigenvalue weighted by Crippen LogP contribution is -2.62. The molecule has 1 saturated heterocycles. The molecular formula is C63H97N5O9S. The number of piperidine rings is 1. The third-order valence-corrected chi connectivity index (χ3v) is 20.4. The van der Waals surface area contributed by atoms with Crippen LogP contribution in [0.2, 0.25) is 0 Å². The third kappa shape index (κ3) is 14.4. The van der Waals surface area contributed by atoms with Crippen molar-refractivity contribution in [2.45, 2.75) is 250 Å². The second-order valence-electron chi connectivity index (χ2n) is 25.8. The van der Waals surface area contributed by atoms with Crippen LogP contribution in [-0.2, 0) is 39.9 Å². The van der Waals surface area contributed by atoms with Gasteiger partial charge in [0.2, 0.25) is 11.8 Å². The first-order valence-electron chi connectivity index (χ1n) is 30.4. The van der Waals surface area contributed by atoms with Gasteiger partial charge < -0.3 is 35.0 Å². The van der Waals surface area contributed by atoms with Crippen LogP contribution in [0.15, 0.2) is 35.7 Å². The van der Waals surface area contributed by atoms with Gasteiger partial charge in [0, 0.05) is 36.3 Å². The highest BCUT2D eigenvalue weighted by Crippen LogP contribution is 2.50. The number of carboxylic acid groups (broad SMARTS) is 1. The lowest BCUT2D eigenvalue weighted by atomic mass is 9.73. The normalized spacial score (nSPS) is 23.0. The van der Waals surface area contributed by atoms with E-state index in [1.165, 1.54) is 18.3 Å². The summed E-state index contributed by atoms with van der Waals surface area (Å²) in [6.07, 6.45) is 17.9. The van der Waals surface area contributed by atoms with Gasteiger partial charge in [-0.15, -0.1) is 11.3 Å². The maximum absolute atomic E-state index is 16.3. The summed E-state index contributed by atoms with van der Waals surface area (Å²) >= 11 is 1.38. The molecule has 7 rings (SSSR count). The van der Waals surface area contributed by atoms with Crippen LogP contribution in [0, 0.1) is 35.0 Å². The maximum atomic E-state index is 16.3. The molecule has 4 saturated carbocycles. The lowest BCUT2D eigenvalue weighted by molar-refractivity contribution is -0.168. The number of thiazole rings is 1. The van der Waals surface area contributed by atoms with Crippen molar-refractivity contribution in [3.63, 3.8) is 0 Å². The largest absolute Gasteiger partial charge is 0.481 e. The molecule has 434 valence electrons. The van der Waals surface area contributed by atoms with Crippen LogP contribution in [0.3, 0.4) is 0 Å². The van der Waals surface area contributed by atoms with E-state index in [1.54, 1.807) is 12.3 Å². The van der Waals surface area contributed by atoms with Crippen molar-refractivity contribution >= 4 is 47.0 Å². The van der Waals surface area contributed by atoms with Gasteiger partial charge in [0.1, 0.15) is 27.9 Å². The minimum absolute atomic E-state index is 0.0363. The first-order chi connectivity index (χ1) is 37.2. The van der Waals surface area contributed by atoms with E-state index in [1.807, 2.05) is 36.9 Å². The Hall–Kier alpha value is -4.37. The molecule has 1 aliphatic heterocycles. The molecule has 3 N–H and O–H groups in total. The number of aromatic nitrogens is 1. The number of esters is 2. The summed E-state index contributed by atoms with van der Waals surface area (Å²) in [7, 11) is 2.15. The highest BCUT2D eigenvalue weighted by Gasteiger charge is 2.54. The average Bonchev–Trinajstić information content (AvgIpc) is 4.33. The molecule has 15 heteroatoms. The van der Waals surface area contributed by atoms with Gasteiger partial charge in [0.05, 0.1) is 23.8 Å². The number of carbonyl (C=O) groups excluding carboxylic acids is 5. The van der Waals surface area contributed by atoms with Crippen molar-refractivity contribution < 1.29 is 43.3 Å². The third-order valence-electron chi connectivity index (χ3n) is 19.4. The molecule has 2 aromatic rings. The van der Waals surface area contributed by atoms with Crippen LogP contribution < -0.4 is 10.6 Å². The van der Waals surface area contributed by atoms with Gasteiger partial charge in [-0.2, -0.15) is 0 Å². The summed E-state index contributed by atoms with van der Waals surface area (Å²) in [6.45, 7) is 16.6. The highest BCUT2D eigenvalue weighted by molar-refractivity contribution is 7.10. The fourth-order valence-corrected chi connectivity index (χ4v) is 16.0. The van der Waals surface area contributed by atoms with E-state index in [-0.39, 0.29) is 72.1 Å². The SMILES string of the molecule is CCC(C)C(NC(=O)C1(C2CCCCN2C)CCCC1)C(=O)N(CC1(OC(=O)CC(C)C)CCCC1)[C@H](CC(c1nc(C(=O)NC2([C@@H](Cc3ccccc3)C[C@H](C)C(=O)O)CCCC2)cs1)C1(OC(C)=O)CCCC1)C(C)C. The second-order valence-corrected chi connectivity index (χ2v) is 26.7. The van der Waals surface area contributed by atoms with E-state index in [0.717, 1.165) is 108 Å². The van der Waals surface area contributed by atoms with Gasteiger partial charge in [0.25, 0.3) is 5.91 Å². The standard InChI is InChI=1S/C63H97N5O9S/c1-10-44(6)54(65-59(75)61(29-17-18-30-61)52-26-14-23-35-67(52)9)57(72)68(41-60(27-15-16-28-60)77-53(70)36-42(2)3)51(43(4)5)39-49(63(76-46(8)69)33-21-22-34-63)56-64-50(40-78-56)55(71)66-62(31-19-20-32-62)48(37-45(7)58(73)74)38-47-24-12-11-13-25-47/h11-13,24-25,40,42-45,48-49,51-52,54H,10,14-23,26-39,41H2,1-9H3,(H,65,75)(H,66,71)(H,73,74)/t44?,45-,48+,49?,51+,52?,54?/m0/s1. The van der Waals surface area contributed by atoms with Crippen molar-refractivity contribution in [1.29, 1.82) is 0 Å². The van der Waals surface area contributed by atoms with Gasteiger partial charge in [-0.3, -0.25) is 28.8 Å². The Bertz CT molecular complexity index is 2330. The predicted molar refractivity (Wildman–Crippen MR) is 306 cm³/mol. The Morgan fingerprint density at radius 3 is 2.04 bits per heavy atom. The van der Waals surface area contributed by atoms with Gasteiger partial charge in [-0.05, 0) is 152 Å². The number of nitrogens with one attached hydrogen (secondary N) is 2. The molecule has 0 radical (unpaired) electrons. The van der Waals surface area contributed by atoms with Crippen LogP contribution in [0.5, 0.6) is 0 Å². The number of ether oxygens (including phenoxy) is 2. The molecule has 1 aromatic heterocycles. The number of hydrogen-bond acceptors (Lipinski definition) is 11. The lowest BCUT2D eigenvalue weighted by Gasteiger charge is -2.47. The monoisotopic (exact) mass is 1100 g/mol. The van der Waals surface area contributed by atoms with Gasteiger partial charge in [0.15, 0.2) is 0 Å². The number of aliphatic carboxylic acids is 1. The van der Waals surface area contributed by atoms with Crippen LogP contribution in [0.25, 0.3) is 0 Å². The number of amides is 3. The topological polar surface area (TPSA) is 185 Å². The summed E-state index contributed by atoms with van der Waals surface area (Å²) in [5, 5.41) is 19.5. The number of likely N-dealkylation sites (tertiary alicyclic amines) is 1. The Kier molecular flexibility index (Phi) is 21.1. The van der Waals surface area contributed by atoms with Crippen LogP contribution >= 0.6 is 11.3 Å². The molecule has 0 bridgehead atoms. The molecule has 2 heterocycles. The number of benzene rings is 1. The van der Waals surface area contributed by atoms with Crippen molar-refractivity contribution in [2.75, 3.05) is 20.1 Å². The van der Waals surface area contributed by atoms with E-state index in [4.69, 9.17) is 14.5 Å². The molecule has 5 fully saturated rings. The van der Waals surface area contributed by atoms with Crippen molar-refractivity contribution in [3.05, 3.63) is 52.0 Å². The summed E-state index contributed by atoms with van der Waals surface area (Å²) in [5.41, 5.74) is -1.80. The Labute approximate surface area is 471 Å². The molecule has 7 atom stereocenters. The van der Waals surface area contributed by atoms with E-state index in [0.29, 0.717) is 56.4 Å². The van der Waals surface area contributed by atoms with Gasteiger partial charge in [-0.25, -0.2) is 4.98 Å². The summed E-state index contributed by atoms with van der Waals surface area (Å²) in [4.78, 5) is 95.6. The van der Waals surface area contributed by atoms with Crippen molar-refractivity contribution in [3.8, 4) is 0 Å². The van der Waals surface area contributed by atoms with E-state index >= 15 is 9.59 Å². The summed E-state index contributed by atoms with van der Waals surface area (Å²) in [5.74, 6) is -3.64. The number of carboxylic acids is 1. The molecule has 4 aliphatic carbocycles. The number of hydrogen-bond donors (Lipinski definition) is 3. The van der Waals surface area contributed by atoms with Gasteiger partial charge in [-0.1, -0.05) is 117 Å². The molecule has 3 amide bonds. The zero-order valence-electron chi connectivity index (χ0n) is 49.0. The molecule has 14 nitrogen and oxygen atoms in total. The second kappa shape index (κ2) is 26.9. The van der Waals surface area contributed by atoms with Crippen molar-refractivity contribution in [1.82, 2.24) is 25.4 Å². The van der Waals surface area contributed by atoms with E-state index in [9.17, 15) is 24.3 Å². The predicted octanol–water partition coefficient (Wildman–Crippen LogP) is 11.8. The Balaban J connectivity index is 1.29. The highest BCUT2D eigenvalue weighted by atomic mass is 32.1. The number of carbonyl (C=O) groups is 6. The molecule has 0 spiro atoms. The van der Waals surface area contributed by atoms with Crippen LogP contribution in [0.4, 0.5) is 0 Å². The van der Waals surface area contributed by atoms with Gasteiger partial charge >= 0.3 is 17.9 Å². The van der Waals surface area contributed by atoms with E-state index in [2.05, 4.69) is 62.4 Å². The Morgan fingerprint density at radius 1 is 0.821 bits per heavy atom. The fraction of sp³-hybridized carbons (Fsp3) is 0.762. The zero-order chi connectivity index (χ0) is 56.4. The number of rotatable bonds is 26. The van der Waals surface area contributed by atoms with Crippen molar-refractivity contribution in [2.24, 2.45) is 35.0 Å². The molecule has 1 aromatic carbocycles. The summed E-state index contributed by atoms with van der Waals surface area (Å²) < 4.78 is 13.2. The molecule has 5 aliphatic rings. The maximum Gasteiger partial charge on any atom is 0.306 e. The van der Waals surface area contributed by atoms with Crippen LogP contribution in [-0.4, -0.2) is 111 Å². The Morgan fingerprint density at radius 2 is 1.45 bits per heavy atom. The molecule has 78 heavy (non-hydrogen) atoms. The quantitative estimate of drug-likeness (QED) is 0.0762. The summed E-state index contributed by atoms with van der Waals surface area (Å²) in [6, 6.07) is 8.83. The molecular weight excluding hydrogens is 1000 g/mol. The van der Waals surface area contributed by atoms with Crippen LogP contribution in [0.1, 0.15) is 230 Å². The molecule has 4 unspecified atom stereocenters.